The van der Waals surface area contributed by atoms with E-state index < -0.39 is 0 Å². The molecule has 1 aliphatic rings. The van der Waals surface area contributed by atoms with Gasteiger partial charge < -0.3 is 10.5 Å². The van der Waals surface area contributed by atoms with Crippen molar-refractivity contribution in [1.29, 1.82) is 0 Å². The number of ether oxygens (including phenoxy) is 1. The molecule has 112 valence electrons. The quantitative estimate of drug-likeness (QED) is 0.899. The molecule has 0 spiro atoms. The summed E-state index contributed by atoms with van der Waals surface area (Å²) in [7, 11) is 1.68. The highest BCUT2D eigenvalue weighted by Crippen LogP contribution is 2.43. The second kappa shape index (κ2) is 5.43. The van der Waals surface area contributed by atoms with Crippen LogP contribution in [0.5, 0.6) is 5.75 Å². The number of hydrogen-bond donors (Lipinski definition) is 2. The van der Waals surface area contributed by atoms with Gasteiger partial charge in [0.2, 0.25) is 0 Å². The third kappa shape index (κ3) is 2.50. The van der Waals surface area contributed by atoms with E-state index in [4.69, 9.17) is 10.5 Å². The van der Waals surface area contributed by atoms with E-state index in [-0.39, 0.29) is 5.41 Å². The number of nitrogens with two attached hydrogens (primary N) is 1. The topological polar surface area (TPSA) is 63.9 Å². The van der Waals surface area contributed by atoms with Crippen LogP contribution in [0.4, 0.5) is 5.82 Å². The maximum Gasteiger partial charge on any atom is 0.153 e. The fraction of sp³-hybridized carbons (Fsp3) is 0.471. The monoisotopic (exact) mass is 285 g/mol. The molecule has 0 radical (unpaired) electrons. The van der Waals surface area contributed by atoms with Gasteiger partial charge in [-0.2, -0.15) is 5.10 Å². The third-order valence-corrected chi connectivity index (χ3v) is 4.73. The smallest absolute Gasteiger partial charge is 0.153 e. The van der Waals surface area contributed by atoms with Crippen molar-refractivity contribution < 1.29 is 4.74 Å². The van der Waals surface area contributed by atoms with Gasteiger partial charge in [0.15, 0.2) is 5.82 Å². The zero-order valence-electron chi connectivity index (χ0n) is 12.8. The first-order valence-corrected chi connectivity index (χ1v) is 7.63. The van der Waals surface area contributed by atoms with Crippen molar-refractivity contribution in [1.82, 2.24) is 10.2 Å². The first kappa shape index (κ1) is 14.0. The molecule has 0 amide bonds. The maximum absolute atomic E-state index is 6.14. The molecule has 1 heterocycles. The van der Waals surface area contributed by atoms with Crippen LogP contribution in [0.3, 0.4) is 0 Å². The third-order valence-electron chi connectivity index (χ3n) is 4.73. The molecule has 4 nitrogen and oxygen atoms in total. The minimum absolute atomic E-state index is 0.151. The van der Waals surface area contributed by atoms with E-state index in [2.05, 4.69) is 29.3 Å². The number of aromatic nitrogens is 2. The van der Waals surface area contributed by atoms with Gasteiger partial charge in [0.05, 0.1) is 12.8 Å². The maximum atomic E-state index is 6.14. The minimum Gasteiger partial charge on any atom is -0.497 e. The predicted octanol–water partition coefficient (Wildman–Crippen LogP) is 3.89. The SMILES string of the molecule is COc1ccc(-c2c(N)n[nH]c2C2(C)CCCCC2)cc1. The molecular weight excluding hydrogens is 262 g/mol. The standard InChI is InChI=1S/C17H23N3O/c1-17(10-4-3-5-11-17)15-14(16(18)20-19-15)12-6-8-13(21-2)9-7-12/h6-9H,3-5,10-11H2,1-2H3,(H3,18,19,20). The molecular formula is C17H23N3O. The Labute approximate surface area is 125 Å². The number of nitrogen functional groups attached to an aromatic ring is 1. The van der Waals surface area contributed by atoms with E-state index in [1.165, 1.54) is 37.8 Å². The first-order valence-electron chi connectivity index (χ1n) is 7.63. The Kier molecular flexibility index (Phi) is 3.62. The van der Waals surface area contributed by atoms with Crippen LogP contribution in [0.25, 0.3) is 11.1 Å². The molecule has 3 N–H and O–H groups in total. The molecule has 0 aliphatic heterocycles. The van der Waals surface area contributed by atoms with Crippen LogP contribution < -0.4 is 10.5 Å². The van der Waals surface area contributed by atoms with Gasteiger partial charge in [-0.1, -0.05) is 38.3 Å². The Morgan fingerprint density at radius 1 is 1.14 bits per heavy atom. The van der Waals surface area contributed by atoms with Gasteiger partial charge >= 0.3 is 0 Å². The molecule has 0 bridgehead atoms. The highest BCUT2D eigenvalue weighted by atomic mass is 16.5. The Morgan fingerprint density at radius 2 is 1.81 bits per heavy atom. The Balaban J connectivity index is 2.03. The van der Waals surface area contributed by atoms with Gasteiger partial charge in [0, 0.05) is 11.0 Å². The van der Waals surface area contributed by atoms with Crippen molar-refractivity contribution in [2.75, 3.05) is 12.8 Å². The van der Waals surface area contributed by atoms with Crippen molar-refractivity contribution in [3.63, 3.8) is 0 Å². The molecule has 1 aliphatic carbocycles. The van der Waals surface area contributed by atoms with Crippen molar-refractivity contribution in [3.8, 4) is 16.9 Å². The summed E-state index contributed by atoms with van der Waals surface area (Å²) < 4.78 is 5.23. The van der Waals surface area contributed by atoms with Gasteiger partial charge in [-0.15, -0.1) is 0 Å². The molecule has 1 aromatic carbocycles. The van der Waals surface area contributed by atoms with Crippen LogP contribution >= 0.6 is 0 Å². The van der Waals surface area contributed by atoms with Crippen molar-refractivity contribution in [2.45, 2.75) is 44.4 Å². The van der Waals surface area contributed by atoms with Crippen molar-refractivity contribution in [2.24, 2.45) is 0 Å². The fourth-order valence-corrected chi connectivity index (χ4v) is 3.42. The van der Waals surface area contributed by atoms with E-state index in [0.29, 0.717) is 5.82 Å². The Bertz CT molecular complexity index is 609. The van der Waals surface area contributed by atoms with Crippen LogP contribution in [0.1, 0.15) is 44.7 Å². The summed E-state index contributed by atoms with van der Waals surface area (Å²) in [6, 6.07) is 8.04. The molecule has 2 aromatic rings. The van der Waals surface area contributed by atoms with Crippen LogP contribution in [0.15, 0.2) is 24.3 Å². The van der Waals surface area contributed by atoms with E-state index in [1.54, 1.807) is 7.11 Å². The van der Waals surface area contributed by atoms with Crippen LogP contribution in [-0.2, 0) is 5.41 Å². The molecule has 3 rings (SSSR count). The number of anilines is 1. The van der Waals surface area contributed by atoms with Gasteiger partial charge in [0.25, 0.3) is 0 Å². The highest BCUT2D eigenvalue weighted by molar-refractivity contribution is 5.77. The zero-order valence-corrected chi connectivity index (χ0v) is 12.8. The largest absolute Gasteiger partial charge is 0.497 e. The van der Waals surface area contributed by atoms with Crippen LogP contribution in [0, 0.1) is 0 Å². The predicted molar refractivity (Wildman–Crippen MR) is 85.4 cm³/mol. The van der Waals surface area contributed by atoms with Crippen molar-refractivity contribution in [3.05, 3.63) is 30.0 Å². The number of H-pyrrole nitrogens is 1. The molecule has 0 atom stereocenters. The minimum atomic E-state index is 0.151. The first-order chi connectivity index (χ1) is 10.1. The molecule has 0 saturated heterocycles. The summed E-state index contributed by atoms with van der Waals surface area (Å²) in [6.45, 7) is 2.33. The number of benzene rings is 1. The lowest BCUT2D eigenvalue weighted by molar-refractivity contribution is 0.312. The molecule has 0 unspecified atom stereocenters. The van der Waals surface area contributed by atoms with E-state index in [0.717, 1.165) is 16.9 Å². The fourth-order valence-electron chi connectivity index (χ4n) is 3.42. The zero-order chi connectivity index (χ0) is 14.9. The Hall–Kier alpha value is -1.97. The second-order valence-electron chi connectivity index (χ2n) is 6.21. The lowest BCUT2D eigenvalue weighted by atomic mass is 9.72. The van der Waals surface area contributed by atoms with E-state index in [1.807, 2.05) is 12.1 Å². The number of aromatic amines is 1. The average Bonchev–Trinajstić information content (AvgIpc) is 2.91. The molecule has 21 heavy (non-hydrogen) atoms. The molecule has 1 fully saturated rings. The molecule has 1 saturated carbocycles. The summed E-state index contributed by atoms with van der Waals surface area (Å²) >= 11 is 0. The number of methoxy groups -OCH3 is 1. The summed E-state index contributed by atoms with van der Waals surface area (Å²) in [5.74, 6) is 1.44. The van der Waals surface area contributed by atoms with E-state index in [9.17, 15) is 0 Å². The van der Waals surface area contributed by atoms with Gasteiger partial charge in [-0.05, 0) is 30.5 Å². The lowest BCUT2D eigenvalue weighted by Gasteiger charge is -2.33. The second-order valence-corrected chi connectivity index (χ2v) is 6.21. The highest BCUT2D eigenvalue weighted by Gasteiger charge is 2.33. The van der Waals surface area contributed by atoms with Crippen LogP contribution in [-0.4, -0.2) is 17.3 Å². The van der Waals surface area contributed by atoms with Gasteiger partial charge in [0.1, 0.15) is 5.75 Å². The van der Waals surface area contributed by atoms with E-state index >= 15 is 0 Å². The summed E-state index contributed by atoms with van der Waals surface area (Å²) in [5, 5.41) is 7.48. The number of nitrogens with one attached hydrogen (secondary N) is 1. The normalized spacial score (nSPS) is 17.6. The van der Waals surface area contributed by atoms with Crippen LogP contribution in [0.2, 0.25) is 0 Å². The van der Waals surface area contributed by atoms with Gasteiger partial charge in [-0.25, -0.2) is 0 Å². The summed E-state index contributed by atoms with van der Waals surface area (Å²) in [6.07, 6.45) is 6.27. The Morgan fingerprint density at radius 3 is 2.43 bits per heavy atom. The summed E-state index contributed by atoms with van der Waals surface area (Å²) in [5.41, 5.74) is 9.63. The van der Waals surface area contributed by atoms with Gasteiger partial charge in [-0.3, -0.25) is 5.10 Å². The average molecular weight is 285 g/mol. The number of nitrogens with zero attached hydrogens (tertiary/aromatic N) is 1. The molecule has 4 heteroatoms. The number of rotatable bonds is 3. The summed E-state index contributed by atoms with van der Waals surface area (Å²) in [4.78, 5) is 0. The number of hydrogen-bond acceptors (Lipinski definition) is 3. The lowest BCUT2D eigenvalue weighted by Crippen LogP contribution is -2.26. The van der Waals surface area contributed by atoms with Crippen molar-refractivity contribution >= 4 is 5.82 Å². The molecule has 1 aromatic heterocycles.